The Morgan fingerprint density at radius 3 is 2.25 bits per heavy atom. The van der Waals surface area contributed by atoms with E-state index in [0.29, 0.717) is 16.6 Å². The summed E-state index contributed by atoms with van der Waals surface area (Å²) in [5, 5.41) is 0.587. The van der Waals surface area contributed by atoms with E-state index in [-0.39, 0.29) is 5.91 Å². The van der Waals surface area contributed by atoms with Crippen LogP contribution in [0.3, 0.4) is 0 Å². The molecule has 0 radical (unpaired) electrons. The summed E-state index contributed by atoms with van der Waals surface area (Å²) >= 11 is 17.4. The average Bonchev–Trinajstić information content (AvgIpc) is 2.14. The summed E-state index contributed by atoms with van der Waals surface area (Å²) in [6.07, 6.45) is 0. The molecule has 1 atom stereocenters. The molecule has 5 heteroatoms. The summed E-state index contributed by atoms with van der Waals surface area (Å²) in [5.74, 6) is -0.127. The highest BCUT2D eigenvalue weighted by molar-refractivity contribution is 6.34. The lowest BCUT2D eigenvalue weighted by molar-refractivity contribution is -0.129. The molecule has 1 rings (SSSR count). The maximum absolute atomic E-state index is 11.5. The van der Waals surface area contributed by atoms with Crippen LogP contribution < -0.4 is 0 Å². The lowest BCUT2D eigenvalue weighted by Gasteiger charge is -2.18. The first kappa shape index (κ1) is 13.6. The third-order valence-electron chi connectivity index (χ3n) is 2.06. The van der Waals surface area contributed by atoms with E-state index in [0.717, 1.165) is 5.56 Å². The Kier molecular flexibility index (Phi) is 4.90. The van der Waals surface area contributed by atoms with E-state index in [1.165, 1.54) is 0 Å². The maximum atomic E-state index is 11.5. The van der Waals surface area contributed by atoms with Gasteiger partial charge in [0.1, 0.15) is 5.38 Å². The summed E-state index contributed by atoms with van der Waals surface area (Å²) in [5.41, 5.74) is 0.880. The molecule has 1 amide bonds. The van der Waals surface area contributed by atoms with E-state index in [9.17, 15) is 4.79 Å². The fraction of sp³-hybridized carbons (Fsp3) is 0.364. The molecule has 0 saturated heterocycles. The van der Waals surface area contributed by atoms with E-state index < -0.39 is 5.38 Å². The molecule has 16 heavy (non-hydrogen) atoms. The monoisotopic (exact) mass is 279 g/mol. The van der Waals surface area contributed by atoms with Gasteiger partial charge in [-0.3, -0.25) is 4.79 Å². The van der Waals surface area contributed by atoms with E-state index in [1.54, 1.807) is 37.1 Å². The Hall–Kier alpha value is -0.440. The smallest absolute Gasteiger partial charge is 0.240 e. The van der Waals surface area contributed by atoms with E-state index in [2.05, 4.69) is 0 Å². The lowest BCUT2D eigenvalue weighted by atomic mass is 10.2. The van der Waals surface area contributed by atoms with Gasteiger partial charge in [0, 0.05) is 23.6 Å². The van der Waals surface area contributed by atoms with Crippen LogP contribution in [0.5, 0.6) is 0 Å². The molecule has 1 aromatic rings. The molecule has 88 valence electrons. The second-order valence-corrected chi connectivity index (χ2v) is 5.12. The Bertz CT molecular complexity index is 373. The van der Waals surface area contributed by atoms with Gasteiger partial charge in [0.25, 0.3) is 0 Å². The van der Waals surface area contributed by atoms with Crippen molar-refractivity contribution in [2.24, 2.45) is 0 Å². The van der Waals surface area contributed by atoms with Gasteiger partial charge in [0.2, 0.25) is 5.91 Å². The van der Waals surface area contributed by atoms with Crippen LogP contribution in [0.4, 0.5) is 0 Å². The lowest BCUT2D eigenvalue weighted by Crippen LogP contribution is -2.31. The van der Waals surface area contributed by atoms with E-state index >= 15 is 0 Å². The number of carbonyl (C=O) groups excluding carboxylic acids is 1. The zero-order valence-corrected chi connectivity index (χ0v) is 11.3. The Morgan fingerprint density at radius 1 is 1.31 bits per heavy atom. The summed E-state index contributed by atoms with van der Waals surface area (Å²) in [7, 11) is 1.69. The molecular weight excluding hydrogens is 268 g/mol. The Labute approximate surface area is 110 Å². The van der Waals surface area contributed by atoms with Crippen molar-refractivity contribution in [1.29, 1.82) is 0 Å². The molecule has 0 bridgehead atoms. The number of nitrogens with zero attached hydrogens (tertiary/aromatic N) is 1. The number of hydrogen-bond acceptors (Lipinski definition) is 1. The summed E-state index contributed by atoms with van der Waals surface area (Å²) in [6, 6.07) is 5.20. The number of benzene rings is 1. The molecule has 0 aliphatic heterocycles. The standard InChI is InChI=1S/C11H12Cl3NO/c1-7(12)11(16)15(2)6-8-3-9(13)5-10(14)4-8/h3-5,7H,6H2,1-2H3. The zero-order chi connectivity index (χ0) is 12.3. The SMILES string of the molecule is CC(Cl)C(=O)N(C)Cc1cc(Cl)cc(Cl)c1. The summed E-state index contributed by atoms with van der Waals surface area (Å²) < 4.78 is 0. The van der Waals surface area contributed by atoms with Gasteiger partial charge in [-0.2, -0.15) is 0 Å². The predicted molar refractivity (Wildman–Crippen MR) is 68.3 cm³/mol. The van der Waals surface area contributed by atoms with Crippen molar-refractivity contribution in [2.75, 3.05) is 7.05 Å². The minimum absolute atomic E-state index is 0.127. The minimum Gasteiger partial charge on any atom is -0.340 e. The van der Waals surface area contributed by atoms with Gasteiger partial charge in [-0.05, 0) is 30.7 Å². The van der Waals surface area contributed by atoms with Crippen molar-refractivity contribution < 1.29 is 4.79 Å². The quantitative estimate of drug-likeness (QED) is 0.775. The number of rotatable bonds is 3. The van der Waals surface area contributed by atoms with Crippen LogP contribution in [0.25, 0.3) is 0 Å². The van der Waals surface area contributed by atoms with Crippen LogP contribution in [-0.4, -0.2) is 23.2 Å². The first-order chi connectivity index (χ1) is 7.40. The number of halogens is 3. The molecule has 0 N–H and O–H groups in total. The zero-order valence-electron chi connectivity index (χ0n) is 9.01. The van der Waals surface area contributed by atoms with Gasteiger partial charge in [-0.15, -0.1) is 11.6 Å². The number of alkyl halides is 1. The van der Waals surface area contributed by atoms with Crippen LogP contribution in [-0.2, 0) is 11.3 Å². The second-order valence-electron chi connectivity index (χ2n) is 3.59. The summed E-state index contributed by atoms with van der Waals surface area (Å²) in [6.45, 7) is 2.08. The molecule has 0 aromatic heterocycles. The van der Waals surface area contributed by atoms with E-state index in [4.69, 9.17) is 34.8 Å². The molecule has 0 heterocycles. The first-order valence-corrected chi connectivity index (χ1v) is 5.93. The van der Waals surface area contributed by atoms with Crippen LogP contribution in [0.2, 0.25) is 10.0 Å². The van der Waals surface area contributed by atoms with Crippen LogP contribution in [0.15, 0.2) is 18.2 Å². The number of hydrogen-bond donors (Lipinski definition) is 0. The molecule has 2 nitrogen and oxygen atoms in total. The molecule has 0 aliphatic carbocycles. The fourth-order valence-corrected chi connectivity index (χ4v) is 2.10. The molecular formula is C11H12Cl3NO. The molecule has 0 aliphatic rings. The molecule has 0 saturated carbocycles. The van der Waals surface area contributed by atoms with Crippen molar-refractivity contribution >= 4 is 40.7 Å². The average molecular weight is 281 g/mol. The van der Waals surface area contributed by atoms with Crippen LogP contribution in [0, 0.1) is 0 Å². The van der Waals surface area contributed by atoms with E-state index in [1.807, 2.05) is 0 Å². The van der Waals surface area contributed by atoms with Gasteiger partial charge in [0.15, 0.2) is 0 Å². The molecule has 1 aromatic carbocycles. The predicted octanol–water partition coefficient (Wildman–Crippen LogP) is 3.58. The Morgan fingerprint density at radius 2 is 1.81 bits per heavy atom. The molecule has 0 spiro atoms. The van der Waals surface area contributed by atoms with Crippen LogP contribution >= 0.6 is 34.8 Å². The van der Waals surface area contributed by atoms with Crippen molar-refractivity contribution in [2.45, 2.75) is 18.8 Å². The molecule has 1 unspecified atom stereocenters. The van der Waals surface area contributed by atoms with Crippen molar-refractivity contribution in [3.8, 4) is 0 Å². The van der Waals surface area contributed by atoms with Crippen molar-refractivity contribution in [1.82, 2.24) is 4.90 Å². The van der Waals surface area contributed by atoms with Gasteiger partial charge < -0.3 is 4.90 Å². The fourth-order valence-electron chi connectivity index (χ4n) is 1.36. The van der Waals surface area contributed by atoms with Gasteiger partial charge in [-0.25, -0.2) is 0 Å². The Balaban J connectivity index is 2.76. The molecule has 0 fully saturated rings. The topological polar surface area (TPSA) is 20.3 Å². The number of amides is 1. The van der Waals surface area contributed by atoms with Crippen LogP contribution in [0.1, 0.15) is 12.5 Å². The maximum Gasteiger partial charge on any atom is 0.240 e. The van der Waals surface area contributed by atoms with Gasteiger partial charge in [0.05, 0.1) is 0 Å². The highest BCUT2D eigenvalue weighted by Gasteiger charge is 2.15. The third kappa shape index (κ3) is 3.85. The normalized spacial score (nSPS) is 12.3. The highest BCUT2D eigenvalue weighted by Crippen LogP contribution is 2.20. The second kappa shape index (κ2) is 5.76. The van der Waals surface area contributed by atoms with Crippen molar-refractivity contribution in [3.63, 3.8) is 0 Å². The minimum atomic E-state index is -0.528. The number of carbonyl (C=O) groups is 1. The van der Waals surface area contributed by atoms with Gasteiger partial charge >= 0.3 is 0 Å². The first-order valence-electron chi connectivity index (χ1n) is 4.74. The largest absolute Gasteiger partial charge is 0.340 e. The van der Waals surface area contributed by atoms with Crippen molar-refractivity contribution in [3.05, 3.63) is 33.8 Å². The highest BCUT2D eigenvalue weighted by atomic mass is 35.5. The third-order valence-corrected chi connectivity index (χ3v) is 2.68. The van der Waals surface area contributed by atoms with Gasteiger partial charge in [-0.1, -0.05) is 23.2 Å². The summed E-state index contributed by atoms with van der Waals surface area (Å²) in [4.78, 5) is 13.1.